The second-order valence-electron chi connectivity index (χ2n) is 8.66. The van der Waals surface area contributed by atoms with Gasteiger partial charge in [-0.2, -0.15) is 5.26 Å². The number of aryl methyl sites for hydroxylation is 1. The molecule has 0 radical (unpaired) electrons. The van der Waals surface area contributed by atoms with Crippen LogP contribution in [0.5, 0.6) is 0 Å². The van der Waals surface area contributed by atoms with Crippen molar-refractivity contribution in [1.82, 2.24) is 24.8 Å². The molecule has 0 aromatic carbocycles. The third-order valence-corrected chi connectivity index (χ3v) is 7.78. The summed E-state index contributed by atoms with van der Waals surface area (Å²) < 4.78 is 6.63. The van der Waals surface area contributed by atoms with E-state index in [-0.39, 0.29) is 5.91 Å². The van der Waals surface area contributed by atoms with Gasteiger partial charge in [-0.15, -0.1) is 11.3 Å². The topological polar surface area (TPSA) is 119 Å². The summed E-state index contributed by atoms with van der Waals surface area (Å²) in [5.41, 5.74) is 3.21. The molecule has 182 valence electrons. The van der Waals surface area contributed by atoms with Gasteiger partial charge in [0.2, 0.25) is 5.91 Å². The number of pyridine rings is 1. The van der Waals surface area contributed by atoms with E-state index >= 15 is 0 Å². The number of ether oxygens (including phenoxy) is 1. The highest BCUT2D eigenvalue weighted by atomic mass is 32.1. The van der Waals surface area contributed by atoms with Crippen LogP contribution in [0.4, 0.5) is 5.82 Å². The Kier molecular flexibility index (Phi) is 6.88. The normalized spacial score (nSPS) is 17.1. The Morgan fingerprint density at radius 1 is 1.17 bits per heavy atom. The molecule has 11 heteroatoms. The maximum absolute atomic E-state index is 11.8. The number of aromatic nitrogens is 3. The molecule has 2 saturated heterocycles. The van der Waals surface area contributed by atoms with Crippen LogP contribution in [0.1, 0.15) is 16.1 Å². The van der Waals surface area contributed by atoms with E-state index in [1.54, 1.807) is 28.5 Å². The molecule has 2 aliphatic rings. The number of carbonyl (C=O) groups excluding carboxylic acids is 1. The van der Waals surface area contributed by atoms with E-state index in [0.717, 1.165) is 59.9 Å². The molecule has 2 aliphatic heterocycles. The molecule has 1 amide bonds. The van der Waals surface area contributed by atoms with Crippen LogP contribution in [0.3, 0.4) is 0 Å². The van der Waals surface area contributed by atoms with Crippen LogP contribution in [0.2, 0.25) is 0 Å². The highest BCUT2D eigenvalue weighted by Crippen LogP contribution is 2.38. The number of aliphatic hydroxyl groups excluding tert-OH is 1. The van der Waals surface area contributed by atoms with E-state index in [2.05, 4.69) is 27.8 Å². The zero-order chi connectivity index (χ0) is 24.4. The molecule has 0 bridgehead atoms. The number of thiophene rings is 1. The Morgan fingerprint density at radius 3 is 2.60 bits per heavy atom. The van der Waals surface area contributed by atoms with Crippen molar-refractivity contribution >= 4 is 33.3 Å². The van der Waals surface area contributed by atoms with Crippen molar-refractivity contribution in [2.75, 3.05) is 64.0 Å². The van der Waals surface area contributed by atoms with Gasteiger partial charge in [0.15, 0.2) is 11.6 Å². The number of hydrogen-bond donors (Lipinski definition) is 1. The number of rotatable bonds is 5. The molecule has 2 fully saturated rings. The highest BCUT2D eigenvalue weighted by molar-refractivity contribution is 7.19. The van der Waals surface area contributed by atoms with E-state index in [1.807, 2.05) is 6.07 Å². The summed E-state index contributed by atoms with van der Waals surface area (Å²) in [7, 11) is 0. The van der Waals surface area contributed by atoms with Crippen LogP contribution >= 0.6 is 11.3 Å². The number of aliphatic hydroxyl groups is 1. The first-order valence-electron chi connectivity index (χ1n) is 11.7. The molecule has 3 aromatic heterocycles. The average molecular weight is 494 g/mol. The summed E-state index contributed by atoms with van der Waals surface area (Å²) in [6.07, 6.45) is 1.65. The third-order valence-electron chi connectivity index (χ3n) is 6.52. The van der Waals surface area contributed by atoms with Gasteiger partial charge in [0, 0.05) is 62.5 Å². The minimum Gasteiger partial charge on any atom is -0.387 e. The first kappa shape index (κ1) is 23.6. The van der Waals surface area contributed by atoms with Gasteiger partial charge in [-0.1, -0.05) is 0 Å². The second-order valence-corrected chi connectivity index (χ2v) is 9.76. The number of hydrogen-bond acceptors (Lipinski definition) is 10. The lowest BCUT2D eigenvalue weighted by Gasteiger charge is -2.34. The van der Waals surface area contributed by atoms with Crippen molar-refractivity contribution in [2.24, 2.45) is 0 Å². The molecule has 5 heterocycles. The molecule has 1 N–H and O–H groups in total. The number of fused-ring (bicyclic) bond motifs is 1. The highest BCUT2D eigenvalue weighted by Gasteiger charge is 2.25. The van der Waals surface area contributed by atoms with Gasteiger partial charge in [0.25, 0.3) is 0 Å². The molecule has 5 rings (SSSR count). The summed E-state index contributed by atoms with van der Waals surface area (Å²) in [4.78, 5) is 33.4. The number of carbonyl (C=O) groups is 1. The number of morpholine rings is 1. The van der Waals surface area contributed by atoms with Gasteiger partial charge >= 0.3 is 0 Å². The number of amides is 1. The predicted octanol–water partition coefficient (Wildman–Crippen LogP) is 1.41. The smallest absolute Gasteiger partial charge is 0.248 e. The third kappa shape index (κ3) is 4.83. The number of nitriles is 1. The summed E-state index contributed by atoms with van der Waals surface area (Å²) in [6.45, 7) is 8.09. The Hall–Kier alpha value is -3.17. The van der Waals surface area contributed by atoms with E-state index in [4.69, 9.17) is 25.1 Å². The fourth-order valence-corrected chi connectivity index (χ4v) is 5.74. The lowest BCUT2D eigenvalue weighted by Crippen LogP contribution is -2.49. The van der Waals surface area contributed by atoms with Gasteiger partial charge < -0.3 is 19.6 Å². The van der Waals surface area contributed by atoms with Crippen LogP contribution in [0.15, 0.2) is 18.3 Å². The van der Waals surface area contributed by atoms with Crippen LogP contribution in [-0.4, -0.2) is 94.9 Å². The van der Waals surface area contributed by atoms with Crippen molar-refractivity contribution < 1.29 is 14.6 Å². The maximum atomic E-state index is 11.8. The molecule has 0 atom stereocenters. The minimum absolute atomic E-state index is 0.210. The van der Waals surface area contributed by atoms with E-state index in [9.17, 15) is 4.79 Å². The summed E-state index contributed by atoms with van der Waals surface area (Å²) >= 11 is 1.73. The van der Waals surface area contributed by atoms with Gasteiger partial charge in [0.1, 0.15) is 18.4 Å². The molecule has 0 spiro atoms. The summed E-state index contributed by atoms with van der Waals surface area (Å²) in [5.74, 6) is 1.30. The standard InChI is InChI=1S/C24H27N7O3S/c1-16-19(14-29-4-6-30(7-5-29)20(33)15-32)35-22-21(16)27-23(17-2-3-18(12-25)26-13-17)28-24(22)31-8-10-34-11-9-31/h2-3,13,32H,4-11,14-15H2,1H3. The largest absolute Gasteiger partial charge is 0.387 e. The number of anilines is 1. The Balaban J connectivity index is 1.48. The predicted molar refractivity (Wildman–Crippen MR) is 132 cm³/mol. The molecule has 0 saturated carbocycles. The Labute approximate surface area is 207 Å². The molecule has 3 aromatic rings. The Morgan fingerprint density at radius 2 is 1.94 bits per heavy atom. The molecular weight excluding hydrogens is 466 g/mol. The van der Waals surface area contributed by atoms with Gasteiger partial charge in [-0.25, -0.2) is 15.0 Å². The van der Waals surface area contributed by atoms with Crippen molar-refractivity contribution in [2.45, 2.75) is 13.5 Å². The van der Waals surface area contributed by atoms with Crippen LogP contribution in [0.25, 0.3) is 21.6 Å². The lowest BCUT2D eigenvalue weighted by atomic mass is 10.2. The molecule has 10 nitrogen and oxygen atoms in total. The van der Waals surface area contributed by atoms with Gasteiger partial charge in [-0.05, 0) is 24.6 Å². The van der Waals surface area contributed by atoms with Crippen molar-refractivity contribution in [3.63, 3.8) is 0 Å². The first-order valence-corrected chi connectivity index (χ1v) is 12.5. The van der Waals surface area contributed by atoms with E-state index in [1.165, 1.54) is 4.88 Å². The lowest BCUT2D eigenvalue weighted by molar-refractivity contribution is -0.135. The molecule has 0 unspecified atom stereocenters. The quantitative estimate of drug-likeness (QED) is 0.563. The van der Waals surface area contributed by atoms with Crippen molar-refractivity contribution in [1.29, 1.82) is 5.26 Å². The van der Waals surface area contributed by atoms with E-state index in [0.29, 0.717) is 37.8 Å². The Bertz CT molecular complexity index is 1260. The molecular formula is C24H27N7O3S. The van der Waals surface area contributed by atoms with Gasteiger partial charge in [-0.3, -0.25) is 9.69 Å². The second kappa shape index (κ2) is 10.2. The monoisotopic (exact) mass is 493 g/mol. The van der Waals surface area contributed by atoms with Crippen LogP contribution < -0.4 is 4.90 Å². The first-order chi connectivity index (χ1) is 17.1. The van der Waals surface area contributed by atoms with Crippen molar-refractivity contribution in [3.8, 4) is 17.5 Å². The van der Waals surface area contributed by atoms with Crippen LogP contribution in [-0.2, 0) is 16.1 Å². The van der Waals surface area contributed by atoms with E-state index < -0.39 is 6.61 Å². The fraction of sp³-hybridized carbons (Fsp3) is 0.458. The summed E-state index contributed by atoms with van der Waals surface area (Å²) in [6, 6.07) is 5.57. The molecule has 35 heavy (non-hydrogen) atoms. The van der Waals surface area contributed by atoms with Crippen molar-refractivity contribution in [3.05, 3.63) is 34.5 Å². The minimum atomic E-state index is -0.435. The SMILES string of the molecule is Cc1c(CN2CCN(C(=O)CO)CC2)sc2c(N3CCOCC3)nc(-c3ccc(C#N)nc3)nc12. The average Bonchev–Trinajstić information content (AvgIpc) is 3.23. The van der Waals surface area contributed by atoms with Gasteiger partial charge in [0.05, 0.1) is 23.4 Å². The number of nitrogens with zero attached hydrogens (tertiary/aromatic N) is 7. The fourth-order valence-electron chi connectivity index (χ4n) is 4.44. The zero-order valence-electron chi connectivity index (χ0n) is 19.6. The molecule has 0 aliphatic carbocycles. The summed E-state index contributed by atoms with van der Waals surface area (Å²) in [5, 5.41) is 18.2. The number of piperazine rings is 1. The maximum Gasteiger partial charge on any atom is 0.248 e. The zero-order valence-corrected chi connectivity index (χ0v) is 20.4. The van der Waals surface area contributed by atoms with Crippen LogP contribution in [0, 0.1) is 18.3 Å².